The quantitative estimate of drug-likeness (QED) is 0.642. The fourth-order valence-corrected chi connectivity index (χ4v) is 3.80. The lowest BCUT2D eigenvalue weighted by atomic mass is 10.0. The van der Waals surface area contributed by atoms with Crippen LogP contribution < -0.4 is 19.7 Å². The number of amides is 1. The summed E-state index contributed by atoms with van der Waals surface area (Å²) in [5, 5.41) is 15.6. The molecule has 0 saturated heterocycles. The number of carboxylic acid groups (broad SMARTS) is 1. The average molecular weight is 409 g/mol. The van der Waals surface area contributed by atoms with Crippen LogP contribution in [0.2, 0.25) is 0 Å². The standard InChI is InChI=1S/C22H23N3O5/c1-13-21(14(2)30-24-13)16-10-20-18(11-19(16)28-3)25(8-9-29-20)12-15-6-4-5-7-17(15)23-22(26)27/h4-7,10-11,23H,8-9,12H2,1-3H3,(H,26,27). The average Bonchev–Trinajstić information content (AvgIpc) is 3.06. The summed E-state index contributed by atoms with van der Waals surface area (Å²) in [6.07, 6.45) is -1.09. The molecule has 8 heteroatoms. The van der Waals surface area contributed by atoms with Gasteiger partial charge in [-0.05, 0) is 31.5 Å². The largest absolute Gasteiger partial charge is 0.496 e. The summed E-state index contributed by atoms with van der Waals surface area (Å²) in [6, 6.07) is 11.3. The first-order valence-corrected chi connectivity index (χ1v) is 9.58. The molecule has 156 valence electrons. The highest BCUT2D eigenvalue weighted by molar-refractivity contribution is 5.84. The zero-order valence-corrected chi connectivity index (χ0v) is 17.1. The number of ether oxygens (including phenoxy) is 2. The summed E-state index contributed by atoms with van der Waals surface area (Å²) in [7, 11) is 1.63. The molecule has 1 aliphatic rings. The monoisotopic (exact) mass is 409 g/mol. The number of hydrogen-bond donors (Lipinski definition) is 2. The Balaban J connectivity index is 1.73. The summed E-state index contributed by atoms with van der Waals surface area (Å²) in [4.78, 5) is 13.3. The van der Waals surface area contributed by atoms with E-state index in [-0.39, 0.29) is 0 Å². The molecule has 3 aromatic rings. The van der Waals surface area contributed by atoms with Gasteiger partial charge in [-0.25, -0.2) is 4.79 Å². The molecule has 8 nitrogen and oxygen atoms in total. The minimum absolute atomic E-state index is 0.523. The molecule has 0 unspecified atom stereocenters. The van der Waals surface area contributed by atoms with E-state index in [2.05, 4.69) is 15.4 Å². The molecular formula is C22H23N3O5. The summed E-state index contributed by atoms with van der Waals surface area (Å²) in [5.41, 5.74) is 4.87. The number of rotatable bonds is 5. The van der Waals surface area contributed by atoms with Gasteiger partial charge in [0.05, 0.1) is 30.6 Å². The molecule has 1 aromatic heterocycles. The number of aromatic nitrogens is 1. The molecule has 0 fully saturated rings. The van der Waals surface area contributed by atoms with Crippen LogP contribution in [0.1, 0.15) is 17.0 Å². The minimum Gasteiger partial charge on any atom is -0.496 e. The van der Waals surface area contributed by atoms with Crippen molar-refractivity contribution in [1.82, 2.24) is 5.16 Å². The lowest BCUT2D eigenvalue weighted by Gasteiger charge is -2.32. The van der Waals surface area contributed by atoms with Crippen molar-refractivity contribution in [3.63, 3.8) is 0 Å². The van der Waals surface area contributed by atoms with E-state index < -0.39 is 6.09 Å². The van der Waals surface area contributed by atoms with Gasteiger partial charge in [0.15, 0.2) is 0 Å². The molecular weight excluding hydrogens is 386 g/mol. The van der Waals surface area contributed by atoms with Crippen molar-refractivity contribution in [2.75, 3.05) is 30.5 Å². The van der Waals surface area contributed by atoms with E-state index in [0.29, 0.717) is 36.9 Å². The van der Waals surface area contributed by atoms with Crippen molar-refractivity contribution in [3.05, 3.63) is 53.4 Å². The predicted octanol–water partition coefficient (Wildman–Crippen LogP) is 4.46. The lowest BCUT2D eigenvalue weighted by molar-refractivity contribution is 0.209. The van der Waals surface area contributed by atoms with Crippen LogP contribution in [0.4, 0.5) is 16.2 Å². The van der Waals surface area contributed by atoms with Crippen molar-refractivity contribution in [2.24, 2.45) is 0 Å². The normalized spacial score (nSPS) is 12.8. The second-order valence-corrected chi connectivity index (χ2v) is 7.08. The summed E-state index contributed by atoms with van der Waals surface area (Å²) in [6.45, 7) is 5.48. The first-order chi connectivity index (χ1) is 14.5. The molecule has 0 aliphatic carbocycles. The van der Waals surface area contributed by atoms with Crippen molar-refractivity contribution in [2.45, 2.75) is 20.4 Å². The third kappa shape index (κ3) is 3.63. The predicted molar refractivity (Wildman–Crippen MR) is 113 cm³/mol. The number of nitrogens with zero attached hydrogens (tertiary/aromatic N) is 2. The van der Waals surface area contributed by atoms with Gasteiger partial charge >= 0.3 is 6.09 Å². The van der Waals surface area contributed by atoms with Gasteiger partial charge < -0.3 is 24.0 Å². The van der Waals surface area contributed by atoms with E-state index in [1.165, 1.54) is 0 Å². The van der Waals surface area contributed by atoms with E-state index in [1.54, 1.807) is 19.2 Å². The number of anilines is 2. The number of carbonyl (C=O) groups is 1. The number of benzene rings is 2. The van der Waals surface area contributed by atoms with Crippen LogP contribution >= 0.6 is 0 Å². The Hall–Kier alpha value is -3.68. The fraction of sp³-hybridized carbons (Fsp3) is 0.273. The molecule has 1 amide bonds. The molecule has 0 saturated carbocycles. The summed E-state index contributed by atoms with van der Waals surface area (Å²) >= 11 is 0. The van der Waals surface area contributed by atoms with Crippen LogP contribution in [0, 0.1) is 13.8 Å². The number of methoxy groups -OCH3 is 1. The van der Waals surface area contributed by atoms with Crippen molar-refractivity contribution >= 4 is 17.5 Å². The minimum atomic E-state index is -1.09. The number of nitrogens with one attached hydrogen (secondary N) is 1. The third-order valence-corrected chi connectivity index (χ3v) is 5.16. The Morgan fingerprint density at radius 1 is 1.30 bits per heavy atom. The van der Waals surface area contributed by atoms with Crippen LogP contribution in [-0.4, -0.2) is 36.6 Å². The van der Waals surface area contributed by atoms with Gasteiger partial charge in [0.25, 0.3) is 0 Å². The van der Waals surface area contributed by atoms with Crippen molar-refractivity contribution < 1.29 is 23.9 Å². The Labute approximate surface area is 174 Å². The molecule has 4 rings (SSSR count). The van der Waals surface area contributed by atoms with Gasteiger partial charge in [-0.15, -0.1) is 0 Å². The Morgan fingerprint density at radius 3 is 2.80 bits per heavy atom. The third-order valence-electron chi connectivity index (χ3n) is 5.16. The lowest BCUT2D eigenvalue weighted by Crippen LogP contribution is -2.32. The van der Waals surface area contributed by atoms with Crippen LogP contribution in [-0.2, 0) is 6.54 Å². The van der Waals surface area contributed by atoms with E-state index in [9.17, 15) is 4.79 Å². The highest BCUT2D eigenvalue weighted by atomic mass is 16.5. The maximum atomic E-state index is 11.1. The van der Waals surface area contributed by atoms with E-state index >= 15 is 0 Å². The van der Waals surface area contributed by atoms with E-state index in [4.69, 9.17) is 19.1 Å². The highest BCUT2D eigenvalue weighted by Crippen LogP contribution is 2.44. The number of fused-ring (bicyclic) bond motifs is 1. The topological polar surface area (TPSA) is 97.1 Å². The fourth-order valence-electron chi connectivity index (χ4n) is 3.80. The first kappa shape index (κ1) is 19.6. The molecule has 0 bridgehead atoms. The van der Waals surface area contributed by atoms with Crippen molar-refractivity contribution in [3.8, 4) is 22.6 Å². The maximum absolute atomic E-state index is 11.1. The van der Waals surface area contributed by atoms with Crippen molar-refractivity contribution in [1.29, 1.82) is 0 Å². The molecule has 30 heavy (non-hydrogen) atoms. The Kier molecular flexibility index (Phi) is 5.22. The number of para-hydroxylation sites is 1. The van der Waals surface area contributed by atoms with E-state index in [0.717, 1.165) is 33.8 Å². The Morgan fingerprint density at radius 2 is 2.10 bits per heavy atom. The zero-order chi connectivity index (χ0) is 21.3. The first-order valence-electron chi connectivity index (χ1n) is 9.58. The molecule has 2 heterocycles. The molecule has 2 N–H and O–H groups in total. The highest BCUT2D eigenvalue weighted by Gasteiger charge is 2.25. The maximum Gasteiger partial charge on any atom is 0.409 e. The summed E-state index contributed by atoms with van der Waals surface area (Å²) < 4.78 is 17.0. The molecule has 1 aliphatic heterocycles. The molecule has 2 aromatic carbocycles. The zero-order valence-electron chi connectivity index (χ0n) is 17.1. The van der Waals surface area contributed by atoms with Gasteiger partial charge in [-0.2, -0.15) is 0 Å². The van der Waals surface area contributed by atoms with Crippen LogP contribution in [0.25, 0.3) is 11.1 Å². The van der Waals surface area contributed by atoms with Crippen LogP contribution in [0.15, 0.2) is 40.9 Å². The van der Waals surface area contributed by atoms with Gasteiger partial charge in [-0.3, -0.25) is 5.32 Å². The number of aryl methyl sites for hydroxylation is 2. The van der Waals surface area contributed by atoms with Gasteiger partial charge in [0, 0.05) is 23.9 Å². The van der Waals surface area contributed by atoms with Gasteiger partial charge in [0.1, 0.15) is 23.9 Å². The smallest absolute Gasteiger partial charge is 0.409 e. The molecule has 0 spiro atoms. The van der Waals surface area contributed by atoms with Crippen LogP contribution in [0.5, 0.6) is 11.5 Å². The number of hydrogen-bond acceptors (Lipinski definition) is 6. The Bertz CT molecular complexity index is 1070. The summed E-state index contributed by atoms with van der Waals surface area (Å²) in [5.74, 6) is 2.14. The van der Waals surface area contributed by atoms with Gasteiger partial charge in [0.2, 0.25) is 0 Å². The van der Waals surface area contributed by atoms with Crippen LogP contribution in [0.3, 0.4) is 0 Å². The SMILES string of the molecule is COc1cc2c(cc1-c1c(C)noc1C)OCCN2Cc1ccccc1NC(=O)O. The van der Waals surface area contributed by atoms with Gasteiger partial charge in [-0.1, -0.05) is 23.4 Å². The molecule has 0 atom stereocenters. The second-order valence-electron chi connectivity index (χ2n) is 7.08. The second kappa shape index (κ2) is 7.98. The molecule has 0 radical (unpaired) electrons. The van der Waals surface area contributed by atoms with E-state index in [1.807, 2.05) is 38.1 Å².